The highest BCUT2D eigenvalue weighted by atomic mass is 35.5. The summed E-state index contributed by atoms with van der Waals surface area (Å²) >= 11 is 18.9. The Morgan fingerprint density at radius 2 is 1.61 bits per heavy atom. The average molecular weight is 483 g/mol. The smallest absolute Gasteiger partial charge is 0.0639 e. The standard InChI is InChI=1S/C24H30Cl3N3O/c1-16(21-8-2-17(25)14-23(21)27)28-24-15-19(5-9-22(24)26)30-12-10-29(11-13-30)18-3-6-20(31)7-4-18/h2,5,8-9,14-16,18,20,28,31H,3-4,6-7,10-13H2,1H3/t16?,18-,20-. The molecule has 2 aromatic carbocycles. The van der Waals surface area contributed by atoms with Crippen LogP contribution in [0, 0.1) is 0 Å². The van der Waals surface area contributed by atoms with E-state index in [2.05, 4.69) is 34.2 Å². The first-order chi connectivity index (χ1) is 14.9. The topological polar surface area (TPSA) is 38.7 Å². The molecule has 2 fully saturated rings. The minimum Gasteiger partial charge on any atom is -0.393 e. The third kappa shape index (κ3) is 5.61. The van der Waals surface area contributed by atoms with Gasteiger partial charge in [0.15, 0.2) is 0 Å². The molecule has 4 nitrogen and oxygen atoms in total. The van der Waals surface area contributed by atoms with Crippen molar-refractivity contribution in [3.8, 4) is 0 Å². The predicted molar refractivity (Wildman–Crippen MR) is 132 cm³/mol. The van der Waals surface area contributed by atoms with Gasteiger partial charge in [-0.1, -0.05) is 40.9 Å². The molecule has 168 valence electrons. The van der Waals surface area contributed by atoms with E-state index >= 15 is 0 Å². The Hall–Kier alpha value is -1.17. The van der Waals surface area contributed by atoms with Gasteiger partial charge >= 0.3 is 0 Å². The molecule has 0 radical (unpaired) electrons. The van der Waals surface area contributed by atoms with Gasteiger partial charge in [-0.15, -0.1) is 0 Å². The molecule has 1 heterocycles. The second-order valence-corrected chi connectivity index (χ2v) is 9.93. The molecular weight excluding hydrogens is 453 g/mol. The Bertz CT molecular complexity index is 894. The van der Waals surface area contributed by atoms with Crippen molar-refractivity contribution < 1.29 is 5.11 Å². The number of anilines is 2. The quantitative estimate of drug-likeness (QED) is 0.528. The Labute approximate surface area is 200 Å². The fourth-order valence-corrected chi connectivity index (χ4v) is 5.50. The lowest BCUT2D eigenvalue weighted by Gasteiger charge is -2.42. The van der Waals surface area contributed by atoms with Gasteiger partial charge in [0.2, 0.25) is 0 Å². The van der Waals surface area contributed by atoms with Gasteiger partial charge in [-0.25, -0.2) is 0 Å². The van der Waals surface area contributed by atoms with Gasteiger partial charge in [0.25, 0.3) is 0 Å². The van der Waals surface area contributed by atoms with Crippen LogP contribution in [0.15, 0.2) is 36.4 Å². The van der Waals surface area contributed by atoms with E-state index in [1.807, 2.05) is 18.2 Å². The van der Waals surface area contributed by atoms with Crippen molar-refractivity contribution in [1.82, 2.24) is 4.90 Å². The molecule has 1 aliphatic heterocycles. The van der Waals surface area contributed by atoms with Gasteiger partial charge in [-0.05, 0) is 68.5 Å². The van der Waals surface area contributed by atoms with Gasteiger partial charge in [0.1, 0.15) is 0 Å². The minimum absolute atomic E-state index is 0.00369. The van der Waals surface area contributed by atoms with Crippen LogP contribution in [-0.4, -0.2) is 48.3 Å². The zero-order chi connectivity index (χ0) is 22.0. The van der Waals surface area contributed by atoms with E-state index in [9.17, 15) is 5.11 Å². The molecule has 2 aromatic rings. The van der Waals surface area contributed by atoms with Crippen LogP contribution in [0.5, 0.6) is 0 Å². The van der Waals surface area contributed by atoms with Crippen molar-refractivity contribution in [3.05, 3.63) is 57.0 Å². The number of nitrogens with one attached hydrogen (secondary N) is 1. The summed E-state index contributed by atoms with van der Waals surface area (Å²) in [5.74, 6) is 0. The number of benzene rings is 2. The Kier molecular flexibility index (Phi) is 7.56. The number of hydrogen-bond donors (Lipinski definition) is 2. The molecule has 1 atom stereocenters. The maximum Gasteiger partial charge on any atom is 0.0639 e. The maximum atomic E-state index is 9.77. The Balaban J connectivity index is 1.40. The first-order valence-corrected chi connectivity index (χ1v) is 12.2. The zero-order valence-electron chi connectivity index (χ0n) is 17.8. The summed E-state index contributed by atoms with van der Waals surface area (Å²) in [4.78, 5) is 5.03. The highest BCUT2D eigenvalue weighted by molar-refractivity contribution is 6.35. The van der Waals surface area contributed by atoms with Gasteiger partial charge in [-0.2, -0.15) is 0 Å². The highest BCUT2D eigenvalue weighted by Gasteiger charge is 2.27. The molecular formula is C24H30Cl3N3O. The number of nitrogens with zero attached hydrogens (tertiary/aromatic N) is 2. The first kappa shape index (κ1) is 23.0. The van der Waals surface area contributed by atoms with E-state index < -0.39 is 0 Å². The average Bonchev–Trinajstić information content (AvgIpc) is 2.76. The van der Waals surface area contributed by atoms with Gasteiger partial charge in [0, 0.05) is 48.0 Å². The van der Waals surface area contributed by atoms with E-state index in [0.717, 1.165) is 63.1 Å². The van der Waals surface area contributed by atoms with Crippen LogP contribution >= 0.6 is 34.8 Å². The first-order valence-electron chi connectivity index (χ1n) is 11.1. The van der Waals surface area contributed by atoms with Crippen LogP contribution in [-0.2, 0) is 0 Å². The van der Waals surface area contributed by atoms with Crippen LogP contribution < -0.4 is 10.2 Å². The Morgan fingerprint density at radius 3 is 2.29 bits per heavy atom. The van der Waals surface area contributed by atoms with Crippen LogP contribution in [0.1, 0.15) is 44.2 Å². The van der Waals surface area contributed by atoms with Gasteiger partial charge in [0.05, 0.1) is 22.9 Å². The molecule has 0 bridgehead atoms. The van der Waals surface area contributed by atoms with E-state index in [0.29, 0.717) is 21.1 Å². The second-order valence-electron chi connectivity index (χ2n) is 8.68. The molecule has 1 unspecified atom stereocenters. The zero-order valence-corrected chi connectivity index (χ0v) is 20.1. The minimum atomic E-state index is -0.0947. The molecule has 7 heteroatoms. The number of rotatable bonds is 5. The van der Waals surface area contributed by atoms with E-state index in [4.69, 9.17) is 34.8 Å². The van der Waals surface area contributed by atoms with Gasteiger partial charge in [-0.3, -0.25) is 4.90 Å². The number of aliphatic hydroxyl groups is 1. The summed E-state index contributed by atoms with van der Waals surface area (Å²) in [5, 5.41) is 15.2. The molecule has 1 aliphatic carbocycles. The maximum absolute atomic E-state index is 9.77. The summed E-state index contributed by atoms with van der Waals surface area (Å²) < 4.78 is 0. The summed E-state index contributed by atoms with van der Waals surface area (Å²) in [6.07, 6.45) is 4.00. The predicted octanol–water partition coefficient (Wildman–Crippen LogP) is 6.25. The Morgan fingerprint density at radius 1 is 0.903 bits per heavy atom. The summed E-state index contributed by atoms with van der Waals surface area (Å²) in [6.45, 7) is 6.18. The van der Waals surface area contributed by atoms with Crippen molar-refractivity contribution in [2.75, 3.05) is 36.4 Å². The number of halogens is 3. The third-order valence-corrected chi connectivity index (χ3v) is 7.51. The largest absolute Gasteiger partial charge is 0.393 e. The van der Waals surface area contributed by atoms with Gasteiger partial charge < -0.3 is 15.3 Å². The SMILES string of the molecule is CC(Nc1cc(N2CCN([C@H]3CC[C@H](O)CC3)CC2)ccc1Cl)c1ccc(Cl)cc1Cl. The van der Waals surface area contributed by atoms with Crippen molar-refractivity contribution in [2.45, 2.75) is 50.8 Å². The molecule has 2 aliphatic rings. The van der Waals surface area contributed by atoms with Crippen molar-refractivity contribution >= 4 is 46.2 Å². The summed E-state index contributed by atoms with van der Waals surface area (Å²) in [5.41, 5.74) is 3.07. The normalized spacial score (nSPS) is 23.6. The number of aliphatic hydroxyl groups excluding tert-OH is 1. The summed E-state index contributed by atoms with van der Waals surface area (Å²) in [6, 6.07) is 12.4. The molecule has 2 N–H and O–H groups in total. The summed E-state index contributed by atoms with van der Waals surface area (Å²) in [7, 11) is 0. The lowest BCUT2D eigenvalue weighted by Crippen LogP contribution is -2.51. The molecule has 0 spiro atoms. The van der Waals surface area contributed by atoms with E-state index in [-0.39, 0.29) is 12.1 Å². The van der Waals surface area contributed by atoms with Crippen molar-refractivity contribution in [3.63, 3.8) is 0 Å². The van der Waals surface area contributed by atoms with Crippen LogP contribution in [0.4, 0.5) is 11.4 Å². The molecule has 31 heavy (non-hydrogen) atoms. The van der Waals surface area contributed by atoms with Crippen LogP contribution in [0.3, 0.4) is 0 Å². The fourth-order valence-electron chi connectivity index (χ4n) is 4.75. The molecule has 1 saturated heterocycles. The lowest BCUT2D eigenvalue weighted by molar-refractivity contribution is 0.0711. The molecule has 4 rings (SSSR count). The highest BCUT2D eigenvalue weighted by Crippen LogP contribution is 2.34. The molecule has 0 amide bonds. The fraction of sp³-hybridized carbons (Fsp3) is 0.500. The third-order valence-electron chi connectivity index (χ3n) is 6.61. The molecule has 1 saturated carbocycles. The van der Waals surface area contributed by atoms with Crippen molar-refractivity contribution in [1.29, 1.82) is 0 Å². The number of piperazine rings is 1. The molecule has 0 aromatic heterocycles. The van der Waals surface area contributed by atoms with E-state index in [1.165, 1.54) is 5.69 Å². The monoisotopic (exact) mass is 481 g/mol. The lowest BCUT2D eigenvalue weighted by atomic mass is 9.91. The van der Waals surface area contributed by atoms with E-state index in [1.54, 1.807) is 6.07 Å². The van der Waals surface area contributed by atoms with Crippen molar-refractivity contribution in [2.24, 2.45) is 0 Å². The van der Waals surface area contributed by atoms with Crippen LogP contribution in [0.2, 0.25) is 15.1 Å². The second kappa shape index (κ2) is 10.2. The van der Waals surface area contributed by atoms with Crippen LogP contribution in [0.25, 0.3) is 0 Å². The number of hydrogen-bond acceptors (Lipinski definition) is 4.